The minimum absolute atomic E-state index is 0.332. The summed E-state index contributed by atoms with van der Waals surface area (Å²) in [6, 6.07) is 28.1. The first kappa shape index (κ1) is 22.3. The predicted octanol–water partition coefficient (Wildman–Crippen LogP) is 3.84. The van der Waals surface area contributed by atoms with Crippen LogP contribution in [0.5, 0.6) is 0 Å². The number of hydrogen-bond acceptors (Lipinski definition) is 3. The predicted molar refractivity (Wildman–Crippen MR) is 126 cm³/mol. The number of benzene rings is 3. The highest BCUT2D eigenvalue weighted by Gasteiger charge is 2.47. The first-order chi connectivity index (χ1) is 16.0. The Morgan fingerprint density at radius 1 is 0.879 bits per heavy atom. The van der Waals surface area contributed by atoms with Gasteiger partial charge in [0.05, 0.1) is 6.04 Å². The number of amides is 4. The minimum atomic E-state index is -1.04. The number of imide groups is 1. The summed E-state index contributed by atoms with van der Waals surface area (Å²) < 4.78 is 0. The van der Waals surface area contributed by atoms with Crippen LogP contribution in [-0.2, 0) is 16.0 Å². The monoisotopic (exact) mass is 441 g/mol. The lowest BCUT2D eigenvalue weighted by Crippen LogP contribution is -2.45. The number of nitrogens with zero attached hydrogens (tertiary/aromatic N) is 1. The van der Waals surface area contributed by atoms with Crippen molar-refractivity contribution in [3.63, 3.8) is 0 Å². The molecule has 168 valence electrons. The number of carbonyl (C=O) groups is 3. The molecule has 4 amide bonds. The Kier molecular flexibility index (Phi) is 6.54. The summed E-state index contributed by atoms with van der Waals surface area (Å²) in [5.74, 6) is -0.780. The standard InChI is InChI=1S/C27H27N3O3/c1-27(18-17-20-11-5-2-6-12-20)25(32)30(26(33)29-27)19-23(31)28-24(21-13-7-3-8-14-21)22-15-9-4-10-16-22/h2-16,24H,17-19H2,1H3,(H,28,31)(H,29,33)/t27-/m1/s1. The number of carbonyl (C=O) groups excluding carboxylic acids is 3. The van der Waals surface area contributed by atoms with Crippen LogP contribution in [0.3, 0.4) is 0 Å². The van der Waals surface area contributed by atoms with Gasteiger partial charge in [0.1, 0.15) is 12.1 Å². The highest BCUT2D eigenvalue weighted by molar-refractivity contribution is 6.08. The lowest BCUT2D eigenvalue weighted by atomic mass is 9.93. The summed E-state index contributed by atoms with van der Waals surface area (Å²) in [6.45, 7) is 1.38. The normalized spacial score (nSPS) is 17.8. The molecule has 0 unspecified atom stereocenters. The first-order valence-corrected chi connectivity index (χ1v) is 11.0. The molecule has 3 aromatic rings. The molecule has 0 aromatic heterocycles. The van der Waals surface area contributed by atoms with E-state index in [1.54, 1.807) is 6.92 Å². The van der Waals surface area contributed by atoms with Gasteiger partial charge in [-0.05, 0) is 36.5 Å². The first-order valence-electron chi connectivity index (χ1n) is 11.0. The lowest BCUT2D eigenvalue weighted by Gasteiger charge is -2.23. The molecule has 1 atom stereocenters. The fourth-order valence-electron chi connectivity index (χ4n) is 4.10. The van der Waals surface area contributed by atoms with Crippen LogP contribution >= 0.6 is 0 Å². The molecule has 4 rings (SSSR count). The molecule has 33 heavy (non-hydrogen) atoms. The fourth-order valence-corrected chi connectivity index (χ4v) is 4.10. The van der Waals surface area contributed by atoms with Gasteiger partial charge in [-0.15, -0.1) is 0 Å². The highest BCUT2D eigenvalue weighted by atomic mass is 16.2. The van der Waals surface area contributed by atoms with Crippen molar-refractivity contribution < 1.29 is 14.4 Å². The van der Waals surface area contributed by atoms with E-state index in [9.17, 15) is 14.4 Å². The van der Waals surface area contributed by atoms with Crippen molar-refractivity contribution in [2.24, 2.45) is 0 Å². The molecule has 2 N–H and O–H groups in total. The van der Waals surface area contributed by atoms with Crippen molar-refractivity contribution in [3.05, 3.63) is 108 Å². The van der Waals surface area contributed by atoms with E-state index in [1.165, 1.54) is 0 Å². The van der Waals surface area contributed by atoms with Gasteiger partial charge in [0.15, 0.2) is 0 Å². The topological polar surface area (TPSA) is 78.5 Å². The van der Waals surface area contributed by atoms with Crippen LogP contribution in [0, 0.1) is 0 Å². The molecule has 6 nitrogen and oxygen atoms in total. The van der Waals surface area contributed by atoms with E-state index in [4.69, 9.17) is 0 Å². The third-order valence-corrected chi connectivity index (χ3v) is 5.97. The zero-order valence-electron chi connectivity index (χ0n) is 18.5. The number of hydrogen-bond donors (Lipinski definition) is 2. The molecule has 0 bridgehead atoms. The van der Waals surface area contributed by atoms with Crippen LogP contribution < -0.4 is 10.6 Å². The highest BCUT2D eigenvalue weighted by Crippen LogP contribution is 2.24. The van der Waals surface area contributed by atoms with Crippen molar-refractivity contribution in [2.45, 2.75) is 31.3 Å². The Labute approximate surface area is 193 Å². The minimum Gasteiger partial charge on any atom is -0.344 e. The second-order valence-corrected chi connectivity index (χ2v) is 8.46. The number of nitrogens with one attached hydrogen (secondary N) is 2. The number of rotatable bonds is 8. The van der Waals surface area contributed by atoms with Crippen molar-refractivity contribution >= 4 is 17.8 Å². The fraction of sp³-hybridized carbons (Fsp3) is 0.222. The van der Waals surface area contributed by atoms with E-state index < -0.39 is 17.5 Å². The van der Waals surface area contributed by atoms with Gasteiger partial charge in [0.2, 0.25) is 5.91 Å². The van der Waals surface area contributed by atoms with E-state index in [1.807, 2.05) is 91.0 Å². The van der Waals surface area contributed by atoms with E-state index in [-0.39, 0.29) is 18.5 Å². The van der Waals surface area contributed by atoms with Crippen molar-refractivity contribution in [2.75, 3.05) is 6.54 Å². The van der Waals surface area contributed by atoms with Crippen LogP contribution in [0.15, 0.2) is 91.0 Å². The zero-order chi connectivity index (χ0) is 23.3. The van der Waals surface area contributed by atoms with E-state index in [0.29, 0.717) is 12.8 Å². The summed E-state index contributed by atoms with van der Waals surface area (Å²) in [5.41, 5.74) is 1.89. The number of aryl methyl sites for hydroxylation is 1. The van der Waals surface area contributed by atoms with Gasteiger partial charge in [0, 0.05) is 0 Å². The van der Waals surface area contributed by atoms with Gasteiger partial charge in [-0.2, -0.15) is 0 Å². The van der Waals surface area contributed by atoms with Gasteiger partial charge >= 0.3 is 6.03 Å². The van der Waals surface area contributed by atoms with E-state index in [2.05, 4.69) is 10.6 Å². The van der Waals surface area contributed by atoms with Gasteiger partial charge in [-0.3, -0.25) is 14.5 Å². The van der Waals surface area contributed by atoms with Crippen molar-refractivity contribution in [3.8, 4) is 0 Å². The molecule has 1 fully saturated rings. The maximum atomic E-state index is 13.1. The number of urea groups is 1. The van der Waals surface area contributed by atoms with E-state index >= 15 is 0 Å². The van der Waals surface area contributed by atoms with Gasteiger partial charge in [0.25, 0.3) is 5.91 Å². The van der Waals surface area contributed by atoms with Crippen molar-refractivity contribution in [1.29, 1.82) is 0 Å². The van der Waals surface area contributed by atoms with Gasteiger partial charge in [-0.1, -0.05) is 91.0 Å². The van der Waals surface area contributed by atoms with Crippen LogP contribution in [0.4, 0.5) is 4.79 Å². The summed E-state index contributed by atoms with van der Waals surface area (Å²) in [6.07, 6.45) is 1.10. The van der Waals surface area contributed by atoms with Gasteiger partial charge < -0.3 is 10.6 Å². The molecule has 1 saturated heterocycles. The zero-order valence-corrected chi connectivity index (χ0v) is 18.5. The summed E-state index contributed by atoms with van der Waals surface area (Å²) in [4.78, 5) is 39.6. The largest absolute Gasteiger partial charge is 0.344 e. The molecule has 0 aliphatic carbocycles. The van der Waals surface area contributed by atoms with Crippen LogP contribution in [-0.4, -0.2) is 34.8 Å². The molecule has 0 radical (unpaired) electrons. The molecular formula is C27H27N3O3. The molecule has 1 aliphatic heterocycles. The summed E-state index contributed by atoms with van der Waals surface area (Å²) >= 11 is 0. The summed E-state index contributed by atoms with van der Waals surface area (Å²) in [5, 5.41) is 5.77. The van der Waals surface area contributed by atoms with Crippen LogP contribution in [0.2, 0.25) is 0 Å². The molecule has 1 heterocycles. The maximum absolute atomic E-state index is 13.1. The molecular weight excluding hydrogens is 414 g/mol. The average Bonchev–Trinajstić information content (AvgIpc) is 3.06. The Morgan fingerprint density at radius 3 is 1.94 bits per heavy atom. The quantitative estimate of drug-likeness (QED) is 0.522. The Balaban J connectivity index is 1.44. The smallest absolute Gasteiger partial charge is 0.325 e. The van der Waals surface area contributed by atoms with Crippen molar-refractivity contribution in [1.82, 2.24) is 15.5 Å². The second-order valence-electron chi connectivity index (χ2n) is 8.46. The third kappa shape index (κ3) is 5.12. The molecule has 0 saturated carbocycles. The Morgan fingerprint density at radius 2 is 1.39 bits per heavy atom. The van der Waals surface area contributed by atoms with E-state index in [0.717, 1.165) is 21.6 Å². The Bertz CT molecular complexity index is 1080. The van der Waals surface area contributed by atoms with Crippen LogP contribution in [0.1, 0.15) is 36.1 Å². The second kappa shape index (κ2) is 9.69. The molecule has 0 spiro atoms. The molecule has 1 aliphatic rings. The maximum Gasteiger partial charge on any atom is 0.325 e. The molecule has 6 heteroatoms. The van der Waals surface area contributed by atoms with Gasteiger partial charge in [-0.25, -0.2) is 4.79 Å². The third-order valence-electron chi connectivity index (χ3n) is 5.97. The van der Waals surface area contributed by atoms with Crippen LogP contribution in [0.25, 0.3) is 0 Å². The lowest BCUT2D eigenvalue weighted by molar-refractivity contribution is -0.134. The SMILES string of the molecule is C[C@]1(CCc2ccccc2)NC(=O)N(CC(=O)NC(c2ccccc2)c2ccccc2)C1=O. The molecule has 3 aromatic carbocycles. The Hall–Kier alpha value is -3.93. The average molecular weight is 442 g/mol. The summed E-state index contributed by atoms with van der Waals surface area (Å²) in [7, 11) is 0.